The maximum Gasteiger partial charge on any atom is 0.251 e. The Morgan fingerprint density at radius 2 is 2.16 bits per heavy atom. The monoisotopic (exact) mass is 260 g/mol. The summed E-state index contributed by atoms with van der Waals surface area (Å²) in [5.74, 6) is -0.0869. The van der Waals surface area contributed by atoms with Crippen LogP contribution in [-0.4, -0.2) is 28.1 Å². The van der Waals surface area contributed by atoms with Gasteiger partial charge < -0.3 is 15.4 Å². The van der Waals surface area contributed by atoms with Gasteiger partial charge in [0.15, 0.2) is 0 Å². The van der Waals surface area contributed by atoms with Crippen LogP contribution in [0.2, 0.25) is 0 Å². The van der Waals surface area contributed by atoms with Crippen molar-refractivity contribution in [2.75, 3.05) is 6.54 Å². The summed E-state index contributed by atoms with van der Waals surface area (Å²) in [6.45, 7) is 5.83. The Kier molecular flexibility index (Phi) is 3.62. The van der Waals surface area contributed by atoms with Gasteiger partial charge in [0.25, 0.3) is 5.91 Å². The number of hydrogen-bond acceptors (Lipinski definition) is 2. The standard InChI is InChI=1S/C15H20N2O2/c1-10(2)15(3,19)9-17-14(18)12-5-4-11-6-7-16-13(11)8-12/h4-8,10,16,19H,9H2,1-3H3,(H,17,18). The zero-order valence-electron chi connectivity index (χ0n) is 11.5. The summed E-state index contributed by atoms with van der Waals surface area (Å²) in [5.41, 5.74) is 0.629. The molecule has 1 amide bonds. The lowest BCUT2D eigenvalue weighted by Gasteiger charge is -2.27. The third-order valence-electron chi connectivity index (χ3n) is 3.67. The Hall–Kier alpha value is -1.81. The van der Waals surface area contributed by atoms with Crippen molar-refractivity contribution < 1.29 is 9.90 Å². The number of carbonyl (C=O) groups is 1. The second kappa shape index (κ2) is 5.05. The maximum absolute atomic E-state index is 12.0. The first-order valence-electron chi connectivity index (χ1n) is 6.48. The summed E-state index contributed by atoms with van der Waals surface area (Å²) < 4.78 is 0. The van der Waals surface area contributed by atoms with E-state index in [4.69, 9.17) is 0 Å². The lowest BCUT2D eigenvalue weighted by molar-refractivity contribution is 0.0142. The average molecular weight is 260 g/mol. The summed E-state index contributed by atoms with van der Waals surface area (Å²) >= 11 is 0. The normalized spacial score (nSPS) is 14.6. The van der Waals surface area contributed by atoms with E-state index in [9.17, 15) is 9.90 Å². The van der Waals surface area contributed by atoms with Gasteiger partial charge in [0, 0.05) is 23.8 Å². The minimum Gasteiger partial charge on any atom is -0.388 e. The molecule has 2 aromatic rings. The van der Waals surface area contributed by atoms with Crippen LogP contribution in [0.15, 0.2) is 30.5 Å². The van der Waals surface area contributed by atoms with Crippen molar-refractivity contribution >= 4 is 16.8 Å². The molecule has 0 fully saturated rings. The van der Waals surface area contributed by atoms with Gasteiger partial charge in [-0.05, 0) is 36.4 Å². The molecule has 0 bridgehead atoms. The molecule has 102 valence electrons. The van der Waals surface area contributed by atoms with E-state index in [1.54, 1.807) is 13.0 Å². The molecule has 3 N–H and O–H groups in total. The van der Waals surface area contributed by atoms with Crippen molar-refractivity contribution in [3.63, 3.8) is 0 Å². The summed E-state index contributed by atoms with van der Waals surface area (Å²) in [5, 5.41) is 14.0. The number of carbonyl (C=O) groups excluding carboxylic acids is 1. The van der Waals surface area contributed by atoms with Gasteiger partial charge in [-0.3, -0.25) is 4.79 Å². The third kappa shape index (κ3) is 2.96. The Balaban J connectivity index is 2.07. The van der Waals surface area contributed by atoms with Crippen molar-refractivity contribution in [1.82, 2.24) is 10.3 Å². The molecule has 1 aromatic heterocycles. The molecule has 1 heterocycles. The molecule has 0 spiro atoms. The molecular formula is C15H20N2O2. The molecule has 0 aliphatic rings. The van der Waals surface area contributed by atoms with Crippen LogP contribution in [0.4, 0.5) is 0 Å². The van der Waals surface area contributed by atoms with Gasteiger partial charge in [-0.25, -0.2) is 0 Å². The highest BCUT2D eigenvalue weighted by Crippen LogP contribution is 2.16. The number of rotatable bonds is 4. The van der Waals surface area contributed by atoms with Crippen molar-refractivity contribution in [2.24, 2.45) is 5.92 Å². The minimum absolute atomic E-state index is 0.0821. The van der Waals surface area contributed by atoms with E-state index in [1.807, 2.05) is 38.2 Å². The summed E-state index contributed by atoms with van der Waals surface area (Å²) in [6.07, 6.45) is 1.84. The molecule has 0 aliphatic carbocycles. The zero-order chi connectivity index (χ0) is 14.0. The Morgan fingerprint density at radius 1 is 1.42 bits per heavy atom. The maximum atomic E-state index is 12.0. The fraction of sp³-hybridized carbons (Fsp3) is 0.400. The number of aromatic amines is 1. The SMILES string of the molecule is CC(C)C(C)(O)CNC(=O)c1ccc2cc[nH]c2c1. The molecule has 2 rings (SSSR count). The van der Waals surface area contributed by atoms with Crippen LogP contribution in [0.1, 0.15) is 31.1 Å². The topological polar surface area (TPSA) is 65.1 Å². The van der Waals surface area contributed by atoms with Gasteiger partial charge in [-0.2, -0.15) is 0 Å². The van der Waals surface area contributed by atoms with Crippen molar-refractivity contribution in [2.45, 2.75) is 26.4 Å². The van der Waals surface area contributed by atoms with Crippen LogP contribution < -0.4 is 5.32 Å². The van der Waals surface area contributed by atoms with Crippen molar-refractivity contribution in [3.8, 4) is 0 Å². The molecule has 19 heavy (non-hydrogen) atoms. The Bertz CT molecular complexity index is 585. The molecule has 1 unspecified atom stereocenters. The fourth-order valence-corrected chi connectivity index (χ4v) is 1.75. The van der Waals surface area contributed by atoms with Gasteiger partial charge in [-0.15, -0.1) is 0 Å². The van der Waals surface area contributed by atoms with Gasteiger partial charge >= 0.3 is 0 Å². The first kappa shape index (κ1) is 13.6. The van der Waals surface area contributed by atoms with E-state index in [1.165, 1.54) is 0 Å². The summed E-state index contributed by atoms with van der Waals surface area (Å²) in [7, 11) is 0. The Morgan fingerprint density at radius 3 is 2.84 bits per heavy atom. The number of aliphatic hydroxyl groups is 1. The van der Waals surface area contributed by atoms with Gasteiger partial charge in [0.1, 0.15) is 0 Å². The van der Waals surface area contributed by atoms with Gasteiger partial charge in [-0.1, -0.05) is 19.9 Å². The van der Waals surface area contributed by atoms with E-state index in [2.05, 4.69) is 10.3 Å². The first-order valence-corrected chi connectivity index (χ1v) is 6.48. The predicted molar refractivity (Wildman–Crippen MR) is 76.1 cm³/mol. The summed E-state index contributed by atoms with van der Waals surface area (Å²) in [6, 6.07) is 7.46. The fourth-order valence-electron chi connectivity index (χ4n) is 1.75. The molecule has 0 saturated carbocycles. The van der Waals surface area contributed by atoms with E-state index >= 15 is 0 Å². The number of fused-ring (bicyclic) bond motifs is 1. The lowest BCUT2D eigenvalue weighted by atomic mass is 9.92. The average Bonchev–Trinajstić information content (AvgIpc) is 2.82. The van der Waals surface area contributed by atoms with Crippen LogP contribution in [-0.2, 0) is 0 Å². The second-order valence-electron chi connectivity index (χ2n) is 5.47. The van der Waals surface area contributed by atoms with Crippen LogP contribution in [0.5, 0.6) is 0 Å². The lowest BCUT2D eigenvalue weighted by Crippen LogP contribution is -2.44. The molecule has 4 heteroatoms. The number of aromatic nitrogens is 1. The largest absolute Gasteiger partial charge is 0.388 e. The number of hydrogen-bond donors (Lipinski definition) is 3. The van der Waals surface area contributed by atoms with E-state index in [0.717, 1.165) is 10.9 Å². The van der Waals surface area contributed by atoms with Crippen LogP contribution in [0.3, 0.4) is 0 Å². The van der Waals surface area contributed by atoms with Crippen molar-refractivity contribution in [3.05, 3.63) is 36.0 Å². The van der Waals surface area contributed by atoms with Crippen LogP contribution >= 0.6 is 0 Å². The quantitative estimate of drug-likeness (QED) is 0.789. The summed E-state index contributed by atoms with van der Waals surface area (Å²) in [4.78, 5) is 15.1. The van der Waals surface area contributed by atoms with Crippen LogP contribution in [0.25, 0.3) is 10.9 Å². The first-order chi connectivity index (χ1) is 8.90. The smallest absolute Gasteiger partial charge is 0.251 e. The molecule has 0 radical (unpaired) electrons. The highest BCUT2D eigenvalue weighted by molar-refractivity contribution is 5.97. The van der Waals surface area contributed by atoms with Gasteiger partial charge in [0.2, 0.25) is 0 Å². The van der Waals surface area contributed by atoms with E-state index in [0.29, 0.717) is 5.56 Å². The van der Waals surface area contributed by atoms with E-state index in [-0.39, 0.29) is 18.4 Å². The molecule has 0 aliphatic heterocycles. The molecule has 1 aromatic carbocycles. The number of H-pyrrole nitrogens is 1. The van der Waals surface area contributed by atoms with E-state index < -0.39 is 5.60 Å². The predicted octanol–water partition coefficient (Wildman–Crippen LogP) is 2.30. The number of nitrogens with one attached hydrogen (secondary N) is 2. The third-order valence-corrected chi connectivity index (χ3v) is 3.67. The number of benzene rings is 1. The van der Waals surface area contributed by atoms with Crippen molar-refractivity contribution in [1.29, 1.82) is 0 Å². The molecule has 1 atom stereocenters. The number of amides is 1. The second-order valence-corrected chi connectivity index (χ2v) is 5.47. The zero-order valence-corrected chi connectivity index (χ0v) is 11.5. The molecule has 0 saturated heterocycles. The minimum atomic E-state index is -0.897. The highest BCUT2D eigenvalue weighted by atomic mass is 16.3. The molecule has 4 nitrogen and oxygen atoms in total. The Labute approximate surface area is 112 Å². The molecular weight excluding hydrogens is 240 g/mol. The highest BCUT2D eigenvalue weighted by Gasteiger charge is 2.25. The van der Waals surface area contributed by atoms with Crippen LogP contribution in [0, 0.1) is 5.92 Å². The van der Waals surface area contributed by atoms with Gasteiger partial charge in [0.05, 0.1) is 5.60 Å².